The monoisotopic (exact) mass is 376 g/mol. The highest BCUT2D eigenvalue weighted by Crippen LogP contribution is 2.17. The molecule has 1 heterocycles. The maximum atomic E-state index is 13.2. The van der Waals surface area contributed by atoms with E-state index < -0.39 is 5.82 Å². The van der Waals surface area contributed by atoms with Crippen LogP contribution in [0.3, 0.4) is 0 Å². The number of halogens is 1. The van der Waals surface area contributed by atoms with Gasteiger partial charge in [-0.3, -0.25) is 14.6 Å². The minimum atomic E-state index is -0.410. The molecule has 1 amide bonds. The van der Waals surface area contributed by atoms with Gasteiger partial charge in [0.1, 0.15) is 5.82 Å². The van der Waals surface area contributed by atoms with Gasteiger partial charge in [-0.05, 0) is 49.4 Å². The van der Waals surface area contributed by atoms with Gasteiger partial charge in [0.2, 0.25) is 0 Å². The van der Waals surface area contributed by atoms with Crippen molar-refractivity contribution in [2.45, 2.75) is 13.3 Å². The summed E-state index contributed by atoms with van der Waals surface area (Å²) >= 11 is 0. The van der Waals surface area contributed by atoms with Crippen LogP contribution < -0.4 is 0 Å². The summed E-state index contributed by atoms with van der Waals surface area (Å²) in [7, 11) is 0. The molecule has 142 valence electrons. The first-order chi connectivity index (χ1) is 13.6. The van der Waals surface area contributed by atoms with Gasteiger partial charge in [-0.15, -0.1) is 0 Å². The predicted molar refractivity (Wildman–Crippen MR) is 106 cm³/mol. The number of rotatable bonds is 7. The molecule has 0 bridgehead atoms. The van der Waals surface area contributed by atoms with Crippen LogP contribution in [0.5, 0.6) is 0 Å². The number of amides is 1. The lowest BCUT2D eigenvalue weighted by molar-refractivity contribution is 0.0761. The number of hydrogen-bond acceptors (Lipinski definition) is 3. The third kappa shape index (κ3) is 4.49. The lowest BCUT2D eigenvalue weighted by Gasteiger charge is -2.22. The number of carbonyl (C=O) groups excluding carboxylic acids is 2. The number of nitrogens with zero attached hydrogens (tertiary/aromatic N) is 2. The average Bonchev–Trinajstić information content (AvgIpc) is 2.75. The molecule has 0 aliphatic carbocycles. The van der Waals surface area contributed by atoms with Crippen molar-refractivity contribution in [1.82, 2.24) is 9.88 Å². The minimum Gasteiger partial charge on any atom is -0.339 e. The first kappa shape index (κ1) is 19.4. The molecule has 0 unspecified atom stereocenters. The molecule has 0 spiro atoms. The molecule has 0 N–H and O–H groups in total. The zero-order valence-electron chi connectivity index (χ0n) is 15.6. The Labute approximate surface area is 163 Å². The second kappa shape index (κ2) is 9.04. The van der Waals surface area contributed by atoms with E-state index in [1.165, 1.54) is 24.3 Å². The van der Waals surface area contributed by atoms with Crippen molar-refractivity contribution in [3.05, 3.63) is 101 Å². The molecule has 0 aliphatic rings. The van der Waals surface area contributed by atoms with Crippen molar-refractivity contribution in [3.63, 3.8) is 0 Å². The highest BCUT2D eigenvalue weighted by atomic mass is 19.1. The zero-order chi connectivity index (χ0) is 19.9. The van der Waals surface area contributed by atoms with Gasteiger partial charge >= 0.3 is 0 Å². The van der Waals surface area contributed by atoms with Gasteiger partial charge in [0.25, 0.3) is 5.91 Å². The molecule has 0 radical (unpaired) electrons. The summed E-state index contributed by atoms with van der Waals surface area (Å²) in [5, 5.41) is 0. The fraction of sp³-hybridized carbons (Fsp3) is 0.174. The molecule has 0 fully saturated rings. The molecule has 1 aromatic heterocycles. The van der Waals surface area contributed by atoms with Crippen LogP contribution in [-0.4, -0.2) is 34.7 Å². The maximum absolute atomic E-state index is 13.2. The Morgan fingerprint density at radius 3 is 2.25 bits per heavy atom. The van der Waals surface area contributed by atoms with Crippen LogP contribution in [0.4, 0.5) is 4.39 Å². The molecular weight excluding hydrogens is 355 g/mol. The quantitative estimate of drug-likeness (QED) is 0.582. The number of aromatic nitrogens is 1. The summed E-state index contributed by atoms with van der Waals surface area (Å²) in [6.07, 6.45) is 2.36. The lowest BCUT2D eigenvalue weighted by atomic mass is 9.97. The molecule has 3 aromatic rings. The van der Waals surface area contributed by atoms with Crippen LogP contribution in [-0.2, 0) is 6.42 Å². The van der Waals surface area contributed by atoms with Gasteiger partial charge in [-0.25, -0.2) is 4.39 Å². The van der Waals surface area contributed by atoms with Crippen LogP contribution in [0.2, 0.25) is 0 Å². The minimum absolute atomic E-state index is 0.204. The number of likely N-dealkylation sites (N-methyl/N-ethyl adjacent to an activating group) is 1. The van der Waals surface area contributed by atoms with Crippen molar-refractivity contribution in [3.8, 4) is 0 Å². The van der Waals surface area contributed by atoms with E-state index >= 15 is 0 Å². The summed E-state index contributed by atoms with van der Waals surface area (Å²) in [6.45, 7) is 2.93. The van der Waals surface area contributed by atoms with E-state index in [9.17, 15) is 14.0 Å². The molecule has 0 atom stereocenters. The third-order valence-corrected chi connectivity index (χ3v) is 4.54. The van der Waals surface area contributed by atoms with Crippen LogP contribution in [0.15, 0.2) is 72.9 Å². The number of hydrogen-bond donors (Lipinski definition) is 0. The second-order valence-electron chi connectivity index (χ2n) is 6.34. The summed E-state index contributed by atoms with van der Waals surface area (Å²) < 4.78 is 13.2. The summed E-state index contributed by atoms with van der Waals surface area (Å²) in [5.74, 6) is -0.915. The van der Waals surface area contributed by atoms with Gasteiger partial charge in [-0.2, -0.15) is 0 Å². The molecule has 5 heteroatoms. The van der Waals surface area contributed by atoms with Crippen LogP contribution >= 0.6 is 0 Å². The second-order valence-corrected chi connectivity index (χ2v) is 6.34. The Morgan fingerprint density at radius 2 is 1.61 bits per heavy atom. The van der Waals surface area contributed by atoms with Gasteiger partial charge < -0.3 is 4.90 Å². The molecule has 3 rings (SSSR count). The first-order valence-corrected chi connectivity index (χ1v) is 9.18. The number of benzene rings is 2. The highest BCUT2D eigenvalue weighted by molar-refractivity contribution is 6.15. The van der Waals surface area contributed by atoms with E-state index in [2.05, 4.69) is 4.98 Å². The lowest BCUT2D eigenvalue weighted by Crippen LogP contribution is -2.34. The van der Waals surface area contributed by atoms with Crippen molar-refractivity contribution < 1.29 is 14.0 Å². The zero-order valence-corrected chi connectivity index (χ0v) is 15.6. The molecule has 0 saturated carbocycles. The maximum Gasteiger partial charge on any atom is 0.254 e. The van der Waals surface area contributed by atoms with Crippen LogP contribution in [0.25, 0.3) is 0 Å². The van der Waals surface area contributed by atoms with Crippen LogP contribution in [0, 0.1) is 5.82 Å². The fourth-order valence-corrected chi connectivity index (χ4v) is 2.99. The van der Waals surface area contributed by atoms with Gasteiger partial charge in [0.15, 0.2) is 5.78 Å². The Morgan fingerprint density at radius 1 is 0.929 bits per heavy atom. The molecule has 0 aliphatic heterocycles. The molecule has 28 heavy (non-hydrogen) atoms. The fourth-order valence-electron chi connectivity index (χ4n) is 2.99. The van der Waals surface area contributed by atoms with Gasteiger partial charge in [-0.1, -0.05) is 24.3 Å². The summed E-state index contributed by atoms with van der Waals surface area (Å²) in [4.78, 5) is 32.0. The number of carbonyl (C=O) groups is 2. The van der Waals surface area contributed by atoms with Crippen molar-refractivity contribution in [2.75, 3.05) is 13.1 Å². The first-order valence-electron chi connectivity index (χ1n) is 9.18. The standard InChI is InChI=1S/C23H21FN2O2/c1-2-26(16-14-19-7-5-6-15-25-19)23(28)21-9-4-3-8-20(21)22(27)17-10-12-18(24)13-11-17/h3-13,15H,2,14,16H2,1H3. The molecular formula is C23H21FN2O2. The van der Waals surface area contributed by atoms with Crippen LogP contribution in [0.1, 0.15) is 38.9 Å². The summed E-state index contributed by atoms with van der Waals surface area (Å²) in [5.41, 5.74) is 1.91. The number of pyridine rings is 1. The number of ketones is 1. The Kier molecular flexibility index (Phi) is 6.27. The van der Waals surface area contributed by atoms with Gasteiger partial charge in [0.05, 0.1) is 5.56 Å². The predicted octanol–water partition coefficient (Wildman–Crippen LogP) is 4.16. The third-order valence-electron chi connectivity index (χ3n) is 4.54. The SMILES string of the molecule is CCN(CCc1ccccn1)C(=O)c1ccccc1C(=O)c1ccc(F)cc1. The van der Waals surface area contributed by atoms with Crippen molar-refractivity contribution >= 4 is 11.7 Å². The largest absolute Gasteiger partial charge is 0.339 e. The van der Waals surface area contributed by atoms with E-state index in [1.54, 1.807) is 35.4 Å². The topological polar surface area (TPSA) is 50.3 Å². The molecule has 4 nitrogen and oxygen atoms in total. The van der Waals surface area contributed by atoms with E-state index in [1.807, 2.05) is 25.1 Å². The van der Waals surface area contributed by atoms with Crippen molar-refractivity contribution in [2.24, 2.45) is 0 Å². The van der Waals surface area contributed by atoms with E-state index in [4.69, 9.17) is 0 Å². The normalized spacial score (nSPS) is 10.5. The van der Waals surface area contributed by atoms with E-state index in [0.29, 0.717) is 36.2 Å². The Hall–Kier alpha value is -3.34. The smallest absolute Gasteiger partial charge is 0.254 e. The average molecular weight is 376 g/mol. The Balaban J connectivity index is 1.82. The van der Waals surface area contributed by atoms with Gasteiger partial charge in [0, 0.05) is 42.5 Å². The molecule has 0 saturated heterocycles. The highest BCUT2D eigenvalue weighted by Gasteiger charge is 2.21. The van der Waals surface area contributed by atoms with E-state index in [0.717, 1.165) is 5.69 Å². The molecule has 2 aromatic carbocycles. The Bertz CT molecular complexity index is 956. The van der Waals surface area contributed by atoms with Crippen molar-refractivity contribution in [1.29, 1.82) is 0 Å². The van der Waals surface area contributed by atoms with E-state index in [-0.39, 0.29) is 11.7 Å². The summed E-state index contributed by atoms with van der Waals surface area (Å²) in [6, 6.07) is 17.8.